The maximum atomic E-state index is 12.2. The lowest BCUT2D eigenvalue weighted by Gasteiger charge is -2.23. The minimum atomic E-state index is -0.321. The lowest BCUT2D eigenvalue weighted by molar-refractivity contribution is -0.118. The molecule has 1 unspecified atom stereocenters. The number of rotatable bonds is 6. The molecule has 7 heteroatoms. The fourth-order valence-corrected chi connectivity index (χ4v) is 3.50. The van der Waals surface area contributed by atoms with Crippen molar-refractivity contribution in [3.8, 4) is 11.5 Å². The molecule has 1 N–H and O–H groups in total. The van der Waals surface area contributed by atoms with Gasteiger partial charge in [0.15, 0.2) is 29.7 Å². The van der Waals surface area contributed by atoms with Crippen LogP contribution in [0, 0.1) is 0 Å². The van der Waals surface area contributed by atoms with Crippen molar-refractivity contribution in [3.05, 3.63) is 66.2 Å². The van der Waals surface area contributed by atoms with Crippen molar-refractivity contribution in [1.82, 2.24) is 10.2 Å². The second-order valence-corrected chi connectivity index (χ2v) is 6.82. The summed E-state index contributed by atoms with van der Waals surface area (Å²) >= 11 is 0. The van der Waals surface area contributed by atoms with Crippen molar-refractivity contribution in [2.45, 2.75) is 19.4 Å². The third kappa shape index (κ3) is 3.99. The molecular weight excluding hydrogens is 368 g/mol. The Kier molecular flexibility index (Phi) is 5.29. The minimum Gasteiger partial charge on any atom is -0.493 e. The Bertz CT molecular complexity index is 1010. The molecular formula is C22H22N4O3. The molecule has 0 spiro atoms. The highest BCUT2D eigenvalue weighted by Crippen LogP contribution is 2.36. The SMILES string of the molecule is COc1ccccc1OCC(=O)Nc1ccc(N2c3ccccc3CC2C)nn1. The van der Waals surface area contributed by atoms with E-state index in [1.54, 1.807) is 25.3 Å². The number of carbonyl (C=O) groups is 1. The molecule has 1 amide bonds. The van der Waals surface area contributed by atoms with E-state index in [0.29, 0.717) is 23.4 Å². The fourth-order valence-electron chi connectivity index (χ4n) is 3.50. The van der Waals surface area contributed by atoms with Gasteiger partial charge < -0.3 is 19.7 Å². The number of hydrogen-bond acceptors (Lipinski definition) is 6. The van der Waals surface area contributed by atoms with Crippen LogP contribution < -0.4 is 19.7 Å². The quantitative estimate of drug-likeness (QED) is 0.693. The van der Waals surface area contributed by atoms with Crippen LogP contribution in [0.4, 0.5) is 17.3 Å². The highest BCUT2D eigenvalue weighted by molar-refractivity contribution is 5.91. The number of nitrogens with one attached hydrogen (secondary N) is 1. The molecule has 2 aromatic carbocycles. The van der Waals surface area contributed by atoms with E-state index in [2.05, 4.69) is 39.5 Å². The minimum absolute atomic E-state index is 0.152. The van der Waals surface area contributed by atoms with E-state index in [0.717, 1.165) is 17.9 Å². The summed E-state index contributed by atoms with van der Waals surface area (Å²) in [5.41, 5.74) is 2.45. The molecule has 148 valence electrons. The summed E-state index contributed by atoms with van der Waals surface area (Å²) in [7, 11) is 1.55. The summed E-state index contributed by atoms with van der Waals surface area (Å²) in [6, 6.07) is 19.4. The number of aromatic nitrogens is 2. The molecule has 3 aromatic rings. The summed E-state index contributed by atoms with van der Waals surface area (Å²) in [6.07, 6.45) is 0.969. The lowest BCUT2D eigenvalue weighted by Crippen LogP contribution is -2.25. The van der Waals surface area contributed by atoms with Gasteiger partial charge >= 0.3 is 0 Å². The first-order valence-corrected chi connectivity index (χ1v) is 9.42. The normalized spacial score (nSPS) is 15.0. The zero-order chi connectivity index (χ0) is 20.2. The average Bonchev–Trinajstić information content (AvgIpc) is 3.09. The van der Waals surface area contributed by atoms with Gasteiger partial charge in [0.1, 0.15) is 0 Å². The van der Waals surface area contributed by atoms with Gasteiger partial charge in [-0.25, -0.2) is 0 Å². The Morgan fingerprint density at radius 3 is 2.59 bits per heavy atom. The summed E-state index contributed by atoms with van der Waals surface area (Å²) in [4.78, 5) is 14.4. The Morgan fingerprint density at radius 2 is 1.83 bits per heavy atom. The van der Waals surface area contributed by atoms with Crippen molar-refractivity contribution in [2.75, 3.05) is 23.9 Å². The standard InChI is InChI=1S/C22H22N4O3/c1-15-13-16-7-3-4-8-17(16)26(15)21-12-11-20(24-25-21)23-22(27)14-29-19-10-6-5-9-18(19)28-2/h3-12,15H,13-14H2,1-2H3,(H,23,24,27). The van der Waals surface area contributed by atoms with Crippen LogP contribution in [0.2, 0.25) is 0 Å². The first-order valence-electron chi connectivity index (χ1n) is 9.42. The highest BCUT2D eigenvalue weighted by atomic mass is 16.5. The third-order valence-electron chi connectivity index (χ3n) is 4.80. The van der Waals surface area contributed by atoms with Crippen molar-refractivity contribution in [3.63, 3.8) is 0 Å². The predicted molar refractivity (Wildman–Crippen MR) is 111 cm³/mol. The van der Waals surface area contributed by atoms with E-state index in [9.17, 15) is 4.79 Å². The maximum absolute atomic E-state index is 12.2. The molecule has 0 saturated carbocycles. The second-order valence-electron chi connectivity index (χ2n) is 6.82. The summed E-state index contributed by atoms with van der Waals surface area (Å²) in [5, 5.41) is 11.2. The maximum Gasteiger partial charge on any atom is 0.263 e. The monoisotopic (exact) mass is 390 g/mol. The van der Waals surface area contributed by atoms with Crippen LogP contribution in [-0.4, -0.2) is 35.9 Å². The van der Waals surface area contributed by atoms with Crippen LogP contribution >= 0.6 is 0 Å². The van der Waals surface area contributed by atoms with E-state index < -0.39 is 0 Å². The van der Waals surface area contributed by atoms with Gasteiger partial charge in [-0.2, -0.15) is 0 Å². The van der Waals surface area contributed by atoms with Crippen LogP contribution in [-0.2, 0) is 11.2 Å². The molecule has 1 atom stereocenters. The first kappa shape index (κ1) is 18.7. The lowest BCUT2D eigenvalue weighted by atomic mass is 10.1. The number of methoxy groups -OCH3 is 1. The molecule has 0 aliphatic carbocycles. The third-order valence-corrected chi connectivity index (χ3v) is 4.80. The van der Waals surface area contributed by atoms with E-state index in [-0.39, 0.29) is 12.5 Å². The largest absolute Gasteiger partial charge is 0.493 e. The molecule has 1 aliphatic heterocycles. The molecule has 0 bridgehead atoms. The van der Waals surface area contributed by atoms with E-state index in [4.69, 9.17) is 9.47 Å². The van der Waals surface area contributed by atoms with Crippen molar-refractivity contribution >= 4 is 23.2 Å². The van der Waals surface area contributed by atoms with Gasteiger partial charge in [-0.3, -0.25) is 4.79 Å². The smallest absolute Gasteiger partial charge is 0.263 e. The molecule has 1 aliphatic rings. The van der Waals surface area contributed by atoms with Gasteiger partial charge in [-0.15, -0.1) is 10.2 Å². The van der Waals surface area contributed by atoms with Crippen LogP contribution in [0.1, 0.15) is 12.5 Å². The van der Waals surface area contributed by atoms with E-state index in [1.807, 2.05) is 30.3 Å². The summed E-state index contributed by atoms with van der Waals surface area (Å²) < 4.78 is 10.7. The number of amides is 1. The fraction of sp³-hybridized carbons (Fsp3) is 0.227. The van der Waals surface area contributed by atoms with E-state index >= 15 is 0 Å². The number of para-hydroxylation sites is 3. The Hall–Kier alpha value is -3.61. The zero-order valence-corrected chi connectivity index (χ0v) is 16.3. The van der Waals surface area contributed by atoms with Gasteiger partial charge in [0.25, 0.3) is 5.91 Å². The number of hydrogen-bond donors (Lipinski definition) is 1. The molecule has 29 heavy (non-hydrogen) atoms. The molecule has 1 aromatic heterocycles. The summed E-state index contributed by atoms with van der Waals surface area (Å²) in [6.45, 7) is 2.01. The van der Waals surface area contributed by atoms with Gasteiger partial charge in [-0.05, 0) is 49.2 Å². The molecule has 0 radical (unpaired) electrons. The van der Waals surface area contributed by atoms with Crippen LogP contribution in [0.15, 0.2) is 60.7 Å². The van der Waals surface area contributed by atoms with Crippen molar-refractivity contribution < 1.29 is 14.3 Å². The summed E-state index contributed by atoms with van der Waals surface area (Å²) in [5.74, 6) is 1.89. The van der Waals surface area contributed by atoms with E-state index in [1.165, 1.54) is 5.56 Å². The van der Waals surface area contributed by atoms with Crippen molar-refractivity contribution in [1.29, 1.82) is 0 Å². The molecule has 2 heterocycles. The molecule has 4 rings (SSSR count). The predicted octanol–water partition coefficient (Wildman–Crippen LogP) is 3.59. The Morgan fingerprint density at radius 1 is 1.07 bits per heavy atom. The van der Waals surface area contributed by atoms with Gasteiger partial charge in [0, 0.05) is 11.7 Å². The highest BCUT2D eigenvalue weighted by Gasteiger charge is 2.27. The number of ether oxygens (including phenoxy) is 2. The Balaban J connectivity index is 1.39. The topological polar surface area (TPSA) is 76.6 Å². The number of carbonyl (C=O) groups excluding carboxylic acids is 1. The molecule has 0 saturated heterocycles. The molecule has 7 nitrogen and oxygen atoms in total. The Labute approximate surface area is 169 Å². The zero-order valence-electron chi connectivity index (χ0n) is 16.3. The van der Waals surface area contributed by atoms with Crippen molar-refractivity contribution in [2.24, 2.45) is 0 Å². The molecule has 0 fully saturated rings. The number of fused-ring (bicyclic) bond motifs is 1. The van der Waals surface area contributed by atoms with Crippen LogP contribution in [0.25, 0.3) is 0 Å². The second kappa shape index (κ2) is 8.18. The number of anilines is 3. The van der Waals surface area contributed by atoms with Crippen LogP contribution in [0.3, 0.4) is 0 Å². The van der Waals surface area contributed by atoms with Gasteiger partial charge in [0.2, 0.25) is 0 Å². The number of benzene rings is 2. The number of nitrogens with zero attached hydrogens (tertiary/aromatic N) is 3. The van der Waals surface area contributed by atoms with Crippen LogP contribution in [0.5, 0.6) is 11.5 Å². The van der Waals surface area contributed by atoms with Gasteiger partial charge in [-0.1, -0.05) is 30.3 Å². The first-order chi connectivity index (χ1) is 14.2. The van der Waals surface area contributed by atoms with Gasteiger partial charge in [0.05, 0.1) is 7.11 Å². The average molecular weight is 390 g/mol.